The fraction of sp³-hybridized carbons (Fsp3) is 0.500. The lowest BCUT2D eigenvalue weighted by molar-refractivity contribution is -0.136. The molecule has 0 spiro atoms. The third-order valence-corrected chi connectivity index (χ3v) is 3.58. The minimum Gasteiger partial charge on any atom is -0.481 e. The third kappa shape index (κ3) is 6.61. The van der Waals surface area contributed by atoms with Gasteiger partial charge < -0.3 is 15.5 Å². The van der Waals surface area contributed by atoms with Crippen LogP contribution in [0.2, 0.25) is 0 Å². The van der Waals surface area contributed by atoms with Gasteiger partial charge in [-0.05, 0) is 24.3 Å². The van der Waals surface area contributed by atoms with E-state index in [1.165, 1.54) is 0 Å². The summed E-state index contributed by atoms with van der Waals surface area (Å²) in [5.74, 6) is -0.128. The largest absolute Gasteiger partial charge is 0.481 e. The minimum absolute atomic E-state index is 0.0517. The van der Waals surface area contributed by atoms with E-state index in [1.54, 1.807) is 11.8 Å². The summed E-state index contributed by atoms with van der Waals surface area (Å²) in [5.41, 5.74) is 1.17. The normalized spacial score (nSPS) is 14.1. The van der Waals surface area contributed by atoms with E-state index in [-0.39, 0.29) is 6.42 Å². The third-order valence-electron chi connectivity index (χ3n) is 2.67. The maximum atomic E-state index is 10.6. The van der Waals surface area contributed by atoms with E-state index in [4.69, 9.17) is 5.11 Å². The highest BCUT2D eigenvalue weighted by Gasteiger charge is 2.18. The quantitative estimate of drug-likeness (QED) is 0.675. The Morgan fingerprint density at radius 2 is 1.89 bits per heavy atom. The minimum atomic E-state index is -0.820. The molecule has 106 valence electrons. The van der Waals surface area contributed by atoms with Gasteiger partial charge in [0.2, 0.25) is 0 Å². The molecule has 4 nitrogen and oxygen atoms in total. The molecule has 1 unspecified atom stereocenters. The summed E-state index contributed by atoms with van der Waals surface area (Å²) in [6.45, 7) is 3.01. The highest BCUT2D eigenvalue weighted by Crippen LogP contribution is 2.10. The van der Waals surface area contributed by atoms with Gasteiger partial charge in [-0.2, -0.15) is 11.8 Å². The summed E-state index contributed by atoms with van der Waals surface area (Å²) in [5, 5.41) is 21.9. The molecular weight excluding hydrogens is 262 g/mol. The van der Waals surface area contributed by atoms with Crippen LogP contribution in [0.3, 0.4) is 0 Å². The van der Waals surface area contributed by atoms with Gasteiger partial charge in [-0.1, -0.05) is 24.3 Å². The van der Waals surface area contributed by atoms with Gasteiger partial charge in [0.05, 0.1) is 12.0 Å². The second kappa shape index (κ2) is 7.53. The van der Waals surface area contributed by atoms with Crippen LogP contribution in [0.4, 0.5) is 0 Å². The predicted molar refractivity (Wildman–Crippen MR) is 78.5 cm³/mol. The molecule has 0 bridgehead atoms. The van der Waals surface area contributed by atoms with Crippen molar-refractivity contribution in [1.29, 1.82) is 0 Å². The highest BCUT2D eigenvalue weighted by molar-refractivity contribution is 7.98. The number of rotatable bonds is 8. The summed E-state index contributed by atoms with van der Waals surface area (Å²) in [4.78, 5) is 10.6. The van der Waals surface area contributed by atoms with Gasteiger partial charge in [0.15, 0.2) is 0 Å². The molecule has 0 aliphatic carbocycles. The first-order chi connectivity index (χ1) is 8.93. The molecule has 1 aromatic carbocycles. The van der Waals surface area contributed by atoms with Crippen molar-refractivity contribution < 1.29 is 15.0 Å². The van der Waals surface area contributed by atoms with E-state index in [2.05, 4.69) is 5.32 Å². The zero-order chi connectivity index (χ0) is 14.3. The predicted octanol–water partition coefficient (Wildman–Crippen LogP) is 1.52. The van der Waals surface area contributed by atoms with Crippen molar-refractivity contribution in [3.63, 3.8) is 0 Å². The molecule has 0 heterocycles. The van der Waals surface area contributed by atoms with Gasteiger partial charge in [0, 0.05) is 18.8 Å². The number of thioether (sulfide) groups is 1. The molecule has 0 fully saturated rings. The van der Waals surface area contributed by atoms with Gasteiger partial charge in [0.1, 0.15) is 0 Å². The molecule has 0 aliphatic heterocycles. The van der Waals surface area contributed by atoms with Crippen LogP contribution in [0.25, 0.3) is 0 Å². The lowest BCUT2D eigenvalue weighted by Crippen LogP contribution is -2.39. The smallest absolute Gasteiger partial charge is 0.307 e. The van der Waals surface area contributed by atoms with Crippen LogP contribution in [0.1, 0.15) is 18.1 Å². The number of nitrogens with one attached hydrogen (secondary N) is 1. The molecule has 0 aromatic heterocycles. The first-order valence-corrected chi connectivity index (χ1v) is 7.54. The van der Waals surface area contributed by atoms with Gasteiger partial charge >= 0.3 is 5.97 Å². The Morgan fingerprint density at radius 3 is 2.42 bits per heavy atom. The Morgan fingerprint density at radius 1 is 1.32 bits per heavy atom. The second-order valence-electron chi connectivity index (χ2n) is 4.92. The first kappa shape index (κ1) is 16.0. The summed E-state index contributed by atoms with van der Waals surface area (Å²) in [7, 11) is 0. The van der Waals surface area contributed by atoms with E-state index in [0.717, 1.165) is 11.1 Å². The summed E-state index contributed by atoms with van der Waals surface area (Å²) >= 11 is 1.62. The molecular formula is C14H21NO3S. The van der Waals surface area contributed by atoms with Crippen LogP contribution >= 0.6 is 11.8 Å². The van der Waals surface area contributed by atoms with Crippen LogP contribution in [0, 0.1) is 0 Å². The van der Waals surface area contributed by atoms with Gasteiger partial charge in [-0.3, -0.25) is 4.79 Å². The van der Waals surface area contributed by atoms with Crippen molar-refractivity contribution in [2.24, 2.45) is 0 Å². The number of aliphatic carboxylic acids is 1. The molecule has 1 rings (SSSR count). The monoisotopic (exact) mass is 283 g/mol. The van der Waals surface area contributed by atoms with Crippen LogP contribution < -0.4 is 5.32 Å². The molecule has 5 heteroatoms. The number of benzene rings is 1. The standard InChI is InChI=1S/C14H21NO3S/c1-14(18,10-19-2)9-15-8-12-5-3-11(4-6-12)7-13(16)17/h3-6,15,18H,7-10H2,1-2H3,(H,16,17). The molecule has 1 aromatic rings. The number of aliphatic hydroxyl groups is 1. The van der Waals surface area contributed by atoms with Crippen molar-refractivity contribution in [3.05, 3.63) is 35.4 Å². The molecule has 0 saturated heterocycles. The van der Waals surface area contributed by atoms with Crippen molar-refractivity contribution in [1.82, 2.24) is 5.32 Å². The molecule has 19 heavy (non-hydrogen) atoms. The fourth-order valence-electron chi connectivity index (χ4n) is 1.79. The zero-order valence-corrected chi connectivity index (χ0v) is 12.2. The second-order valence-corrected chi connectivity index (χ2v) is 5.79. The number of carboxylic acids is 1. The van der Waals surface area contributed by atoms with E-state index in [9.17, 15) is 9.90 Å². The van der Waals surface area contributed by atoms with Crippen molar-refractivity contribution in [2.45, 2.75) is 25.5 Å². The summed E-state index contributed by atoms with van der Waals surface area (Å²) in [6.07, 6.45) is 2.02. The number of hydrogen-bond acceptors (Lipinski definition) is 4. The van der Waals surface area contributed by atoms with E-state index < -0.39 is 11.6 Å². The molecule has 1 atom stereocenters. The average molecular weight is 283 g/mol. The Bertz CT molecular complexity index is 404. The van der Waals surface area contributed by atoms with Crippen LogP contribution in [0.15, 0.2) is 24.3 Å². The maximum absolute atomic E-state index is 10.6. The highest BCUT2D eigenvalue weighted by atomic mass is 32.2. The van der Waals surface area contributed by atoms with E-state index in [1.807, 2.05) is 37.4 Å². The Labute approximate surface area is 118 Å². The number of hydrogen-bond donors (Lipinski definition) is 3. The summed E-state index contributed by atoms with van der Waals surface area (Å²) in [6, 6.07) is 7.47. The topological polar surface area (TPSA) is 69.6 Å². The average Bonchev–Trinajstić information content (AvgIpc) is 2.30. The molecule has 0 amide bonds. The molecule has 3 N–H and O–H groups in total. The molecule has 0 aliphatic rings. The maximum Gasteiger partial charge on any atom is 0.307 e. The Kier molecular flexibility index (Phi) is 6.34. The van der Waals surface area contributed by atoms with Crippen molar-refractivity contribution >= 4 is 17.7 Å². The lowest BCUT2D eigenvalue weighted by Gasteiger charge is -2.22. The molecule has 0 radical (unpaired) electrons. The van der Waals surface area contributed by atoms with Gasteiger partial charge in [-0.25, -0.2) is 0 Å². The van der Waals surface area contributed by atoms with Crippen molar-refractivity contribution in [3.8, 4) is 0 Å². The van der Waals surface area contributed by atoms with Gasteiger partial charge in [-0.15, -0.1) is 0 Å². The Balaban J connectivity index is 2.40. The van der Waals surface area contributed by atoms with Crippen molar-refractivity contribution in [2.75, 3.05) is 18.6 Å². The summed E-state index contributed by atoms with van der Waals surface area (Å²) < 4.78 is 0. The van der Waals surface area contributed by atoms with E-state index in [0.29, 0.717) is 18.8 Å². The SMILES string of the molecule is CSCC(C)(O)CNCc1ccc(CC(=O)O)cc1. The fourth-order valence-corrected chi connectivity index (χ4v) is 2.51. The number of carbonyl (C=O) groups is 1. The van der Waals surface area contributed by atoms with E-state index >= 15 is 0 Å². The van der Waals surface area contributed by atoms with Gasteiger partial charge in [0.25, 0.3) is 0 Å². The number of carboxylic acid groups (broad SMARTS) is 1. The van der Waals surface area contributed by atoms with Crippen LogP contribution in [0.5, 0.6) is 0 Å². The Hall–Kier alpha value is -1.04. The van der Waals surface area contributed by atoms with Crippen LogP contribution in [-0.4, -0.2) is 40.3 Å². The first-order valence-electron chi connectivity index (χ1n) is 6.14. The van der Waals surface area contributed by atoms with Crippen LogP contribution in [-0.2, 0) is 17.8 Å². The lowest BCUT2D eigenvalue weighted by atomic mass is 10.1. The zero-order valence-electron chi connectivity index (χ0n) is 11.3. The molecule has 0 saturated carbocycles.